The Kier molecular flexibility index (Phi) is 5.55. The van der Waals surface area contributed by atoms with Gasteiger partial charge in [-0.15, -0.1) is 0 Å². The summed E-state index contributed by atoms with van der Waals surface area (Å²) < 4.78 is 18.4. The van der Waals surface area contributed by atoms with Gasteiger partial charge in [0.15, 0.2) is 5.76 Å². The average Bonchev–Trinajstić information content (AvgIpc) is 3.48. The number of methoxy groups -OCH3 is 1. The lowest BCUT2D eigenvalue weighted by Gasteiger charge is -2.14. The van der Waals surface area contributed by atoms with E-state index in [9.17, 15) is 4.79 Å². The Balaban J connectivity index is 1.38. The Morgan fingerprint density at radius 3 is 2.62 bits per heavy atom. The third kappa shape index (κ3) is 4.45. The third-order valence-corrected chi connectivity index (χ3v) is 5.10. The monoisotopic (exact) mass is 395 g/mol. The van der Waals surface area contributed by atoms with Crippen molar-refractivity contribution < 1.29 is 18.7 Å². The average molecular weight is 395 g/mol. The smallest absolute Gasteiger partial charge is 0.292 e. The lowest BCUT2D eigenvalue weighted by molar-refractivity contribution is 0.0991. The molecule has 7 nitrogen and oxygen atoms in total. The number of furan rings is 1. The quantitative estimate of drug-likeness (QED) is 0.625. The van der Waals surface area contributed by atoms with Gasteiger partial charge in [-0.1, -0.05) is 12.8 Å². The maximum atomic E-state index is 12.6. The molecule has 152 valence electrons. The van der Waals surface area contributed by atoms with Crippen molar-refractivity contribution in [1.29, 1.82) is 0 Å². The highest BCUT2D eigenvalue weighted by molar-refractivity contribution is 6.01. The number of amides is 1. The minimum atomic E-state index is -0.292. The first-order valence-corrected chi connectivity index (χ1v) is 9.85. The minimum Gasteiger partial charge on any atom is -0.497 e. The maximum absolute atomic E-state index is 12.6. The number of ether oxygens (including phenoxy) is 2. The second kappa shape index (κ2) is 8.43. The second-order valence-corrected chi connectivity index (χ2v) is 7.24. The summed E-state index contributed by atoms with van der Waals surface area (Å²) >= 11 is 0. The van der Waals surface area contributed by atoms with Crippen molar-refractivity contribution in [1.82, 2.24) is 9.78 Å². The van der Waals surface area contributed by atoms with Crippen LogP contribution >= 0.6 is 0 Å². The van der Waals surface area contributed by atoms with Crippen molar-refractivity contribution in [2.24, 2.45) is 0 Å². The molecule has 1 fully saturated rings. The molecule has 1 amide bonds. The van der Waals surface area contributed by atoms with Crippen LogP contribution < -0.4 is 14.8 Å². The van der Waals surface area contributed by atoms with Gasteiger partial charge >= 0.3 is 0 Å². The Hall–Kier alpha value is -3.22. The predicted molar refractivity (Wildman–Crippen MR) is 108 cm³/mol. The molecule has 0 atom stereocenters. The van der Waals surface area contributed by atoms with Crippen molar-refractivity contribution in [3.05, 3.63) is 59.7 Å². The highest BCUT2D eigenvalue weighted by Gasteiger charge is 2.22. The van der Waals surface area contributed by atoms with Crippen LogP contribution in [0.5, 0.6) is 11.5 Å². The van der Waals surface area contributed by atoms with E-state index >= 15 is 0 Å². The van der Waals surface area contributed by atoms with Crippen molar-refractivity contribution in [3.8, 4) is 11.5 Å². The summed E-state index contributed by atoms with van der Waals surface area (Å²) in [6.07, 6.45) is 4.59. The molecule has 0 bridgehead atoms. The normalized spacial score (nSPS) is 14.1. The van der Waals surface area contributed by atoms with Crippen LogP contribution in [-0.2, 0) is 6.61 Å². The number of aromatic nitrogens is 2. The first-order valence-electron chi connectivity index (χ1n) is 9.85. The highest BCUT2D eigenvalue weighted by atomic mass is 16.5. The molecule has 1 aliphatic rings. The van der Waals surface area contributed by atoms with Gasteiger partial charge in [0.25, 0.3) is 5.91 Å². The molecule has 1 N–H and O–H groups in total. The molecule has 29 heavy (non-hydrogen) atoms. The number of nitrogens with one attached hydrogen (secondary N) is 1. The number of nitrogens with zero attached hydrogens (tertiary/aromatic N) is 2. The van der Waals surface area contributed by atoms with E-state index in [1.54, 1.807) is 19.2 Å². The van der Waals surface area contributed by atoms with Crippen molar-refractivity contribution >= 4 is 11.7 Å². The van der Waals surface area contributed by atoms with Gasteiger partial charge in [0.2, 0.25) is 0 Å². The summed E-state index contributed by atoms with van der Waals surface area (Å²) in [6.45, 7) is 2.17. The number of benzene rings is 1. The summed E-state index contributed by atoms with van der Waals surface area (Å²) in [5.74, 6) is 2.71. The molecular formula is C22H25N3O4. The van der Waals surface area contributed by atoms with Gasteiger partial charge in [-0.3, -0.25) is 4.79 Å². The van der Waals surface area contributed by atoms with E-state index in [2.05, 4.69) is 10.4 Å². The maximum Gasteiger partial charge on any atom is 0.292 e. The topological polar surface area (TPSA) is 78.5 Å². The summed E-state index contributed by atoms with van der Waals surface area (Å²) in [5.41, 5.74) is 0.889. The molecule has 2 heterocycles. The molecule has 0 saturated heterocycles. The molecule has 3 aromatic rings. The highest BCUT2D eigenvalue weighted by Crippen LogP contribution is 2.32. The van der Waals surface area contributed by atoms with Gasteiger partial charge in [0.1, 0.15) is 29.7 Å². The Bertz CT molecular complexity index is 968. The van der Waals surface area contributed by atoms with Crippen LogP contribution in [0.3, 0.4) is 0 Å². The van der Waals surface area contributed by atoms with Crippen LogP contribution in [0.1, 0.15) is 53.7 Å². The predicted octanol–water partition coefficient (Wildman–Crippen LogP) is 4.74. The largest absolute Gasteiger partial charge is 0.497 e. The van der Waals surface area contributed by atoms with Gasteiger partial charge in [-0.25, -0.2) is 4.68 Å². The minimum absolute atomic E-state index is 0.235. The van der Waals surface area contributed by atoms with Crippen LogP contribution in [0.2, 0.25) is 0 Å². The second-order valence-electron chi connectivity index (χ2n) is 7.24. The van der Waals surface area contributed by atoms with Gasteiger partial charge in [0.05, 0.1) is 18.8 Å². The zero-order valence-electron chi connectivity index (χ0n) is 16.7. The fourth-order valence-corrected chi connectivity index (χ4v) is 3.62. The van der Waals surface area contributed by atoms with E-state index in [4.69, 9.17) is 13.9 Å². The number of rotatable bonds is 7. The molecule has 1 aromatic carbocycles. The summed E-state index contributed by atoms with van der Waals surface area (Å²) in [7, 11) is 1.62. The van der Waals surface area contributed by atoms with Crippen LogP contribution in [0.4, 0.5) is 5.82 Å². The van der Waals surface area contributed by atoms with E-state index < -0.39 is 0 Å². The molecule has 0 spiro atoms. The van der Waals surface area contributed by atoms with E-state index in [1.807, 2.05) is 41.9 Å². The van der Waals surface area contributed by atoms with Crippen LogP contribution in [0.25, 0.3) is 0 Å². The summed E-state index contributed by atoms with van der Waals surface area (Å²) in [6, 6.07) is 12.9. The van der Waals surface area contributed by atoms with Crippen LogP contribution in [0.15, 0.2) is 46.9 Å². The fraction of sp³-hybridized carbons (Fsp3) is 0.364. The van der Waals surface area contributed by atoms with Crippen LogP contribution in [0, 0.1) is 6.92 Å². The molecular weight excluding hydrogens is 370 g/mol. The summed E-state index contributed by atoms with van der Waals surface area (Å²) in [4.78, 5) is 12.6. The Morgan fingerprint density at radius 1 is 1.17 bits per heavy atom. The zero-order chi connectivity index (χ0) is 20.2. The van der Waals surface area contributed by atoms with E-state index in [1.165, 1.54) is 12.8 Å². The van der Waals surface area contributed by atoms with Gasteiger partial charge in [-0.05, 0) is 56.2 Å². The third-order valence-electron chi connectivity index (χ3n) is 5.10. The first kappa shape index (κ1) is 19.1. The first-order chi connectivity index (χ1) is 14.1. The van der Waals surface area contributed by atoms with Gasteiger partial charge < -0.3 is 19.2 Å². The fourth-order valence-electron chi connectivity index (χ4n) is 3.62. The molecule has 2 aromatic heterocycles. The van der Waals surface area contributed by atoms with Gasteiger partial charge in [0, 0.05) is 6.07 Å². The van der Waals surface area contributed by atoms with E-state index in [-0.39, 0.29) is 18.3 Å². The Morgan fingerprint density at radius 2 is 1.90 bits per heavy atom. The van der Waals surface area contributed by atoms with Crippen molar-refractivity contribution in [2.45, 2.75) is 45.3 Å². The number of hydrogen-bond acceptors (Lipinski definition) is 5. The van der Waals surface area contributed by atoms with Gasteiger partial charge in [-0.2, -0.15) is 5.10 Å². The number of anilines is 1. The molecule has 0 radical (unpaired) electrons. The summed E-state index contributed by atoms with van der Waals surface area (Å²) in [5, 5.41) is 7.50. The molecule has 1 aliphatic carbocycles. The molecule has 1 saturated carbocycles. The number of carbonyl (C=O) groups is 1. The van der Waals surface area contributed by atoms with E-state index in [0.717, 1.165) is 24.3 Å². The number of carbonyl (C=O) groups excluding carboxylic acids is 1. The van der Waals surface area contributed by atoms with E-state index in [0.29, 0.717) is 23.4 Å². The zero-order valence-corrected chi connectivity index (χ0v) is 16.7. The molecule has 0 aliphatic heterocycles. The number of aryl methyl sites for hydroxylation is 1. The van der Waals surface area contributed by atoms with Crippen molar-refractivity contribution in [3.63, 3.8) is 0 Å². The number of hydrogen-bond donors (Lipinski definition) is 1. The standard InChI is InChI=1S/C22H25N3O4/c1-15-13-21(25(24-15)16-5-3-4-6-16)23-22(26)20-12-11-19(29-20)14-28-18-9-7-17(27-2)8-10-18/h7-13,16H,3-6,14H2,1-2H3,(H,23,26). The molecule has 4 rings (SSSR count). The Labute approximate surface area is 169 Å². The lowest BCUT2D eigenvalue weighted by Crippen LogP contribution is -2.17. The lowest BCUT2D eigenvalue weighted by atomic mass is 10.2. The molecule has 0 unspecified atom stereocenters. The SMILES string of the molecule is COc1ccc(OCc2ccc(C(=O)Nc3cc(C)nn3C3CCCC3)o2)cc1. The van der Waals surface area contributed by atoms with Crippen molar-refractivity contribution in [2.75, 3.05) is 12.4 Å². The molecule has 7 heteroatoms. The van der Waals surface area contributed by atoms with Crippen LogP contribution in [-0.4, -0.2) is 22.8 Å².